The highest BCUT2D eigenvalue weighted by Gasteiger charge is 2.11. The minimum atomic E-state index is 0.551. The largest absolute Gasteiger partial charge is 0.278 e. The molecule has 0 amide bonds. The van der Waals surface area contributed by atoms with Gasteiger partial charge in [0.2, 0.25) is 0 Å². The van der Waals surface area contributed by atoms with E-state index in [4.69, 9.17) is 0 Å². The monoisotopic (exact) mass is 218 g/mol. The highest BCUT2D eigenvalue weighted by molar-refractivity contribution is 5.84. The molecule has 0 saturated carbocycles. The molecule has 1 N–H and O–H groups in total. The number of nitrogens with zero attached hydrogens (tertiary/aromatic N) is 1. The lowest BCUT2D eigenvalue weighted by atomic mass is 9.92. The highest BCUT2D eigenvalue weighted by Crippen LogP contribution is 2.29. The first-order valence-corrected chi connectivity index (χ1v) is 6.04. The van der Waals surface area contributed by atoms with Crippen LogP contribution >= 0.6 is 0 Å². The Morgan fingerprint density at radius 2 is 1.81 bits per heavy atom. The van der Waals surface area contributed by atoms with E-state index in [-0.39, 0.29) is 0 Å². The molecule has 0 aliphatic rings. The number of benzene rings is 1. The lowest BCUT2D eigenvalue weighted by Gasteiger charge is -2.13. The van der Waals surface area contributed by atoms with Crippen LogP contribution in [-0.2, 0) is 0 Å². The van der Waals surface area contributed by atoms with Crippen LogP contribution in [0.4, 0.5) is 0 Å². The Kier molecular flexibility index (Phi) is 4.11. The van der Waals surface area contributed by atoms with E-state index in [0.717, 1.165) is 5.52 Å². The zero-order valence-corrected chi connectivity index (χ0v) is 11.2. The fraction of sp³-hybridized carbons (Fsp3) is 0.500. The zero-order valence-electron chi connectivity index (χ0n) is 11.2. The molecule has 2 aromatic rings. The Bertz CT molecular complexity index is 467. The maximum atomic E-state index is 4.10. The number of hydrogen-bond donors (Lipinski definition) is 1. The molecule has 2 heteroatoms. The molecule has 88 valence electrons. The van der Waals surface area contributed by atoms with Crippen molar-refractivity contribution in [2.24, 2.45) is 0 Å². The second-order valence-electron chi connectivity index (χ2n) is 4.22. The molecule has 0 aliphatic carbocycles. The number of nitrogens with one attached hydrogen (secondary N) is 1. The van der Waals surface area contributed by atoms with Gasteiger partial charge >= 0.3 is 0 Å². The highest BCUT2D eigenvalue weighted by atomic mass is 15.1. The van der Waals surface area contributed by atoms with Crippen LogP contribution in [0.2, 0.25) is 0 Å². The summed E-state index contributed by atoms with van der Waals surface area (Å²) in [5, 5.41) is 8.40. The third kappa shape index (κ3) is 2.11. The quantitative estimate of drug-likeness (QED) is 0.758. The molecule has 1 aromatic heterocycles. The Balaban J connectivity index is 0.000000606. The summed E-state index contributed by atoms with van der Waals surface area (Å²) in [6.45, 7) is 12.8. The standard InChI is InChI=1S/C12H16N2.C2H6/c1-7(2)12-9(4)8(3)5-11-10(12)6-13-14-11;1-2/h5-7H,1-4H3,(H,13,14);1-2H3. The molecule has 16 heavy (non-hydrogen) atoms. The smallest absolute Gasteiger partial charge is 0.0656 e. The molecule has 0 bridgehead atoms. The lowest BCUT2D eigenvalue weighted by Crippen LogP contribution is -1.95. The zero-order chi connectivity index (χ0) is 12.3. The van der Waals surface area contributed by atoms with Gasteiger partial charge in [-0.05, 0) is 42.5 Å². The number of fused-ring (bicyclic) bond motifs is 1. The van der Waals surface area contributed by atoms with Crippen molar-refractivity contribution in [3.63, 3.8) is 0 Å². The van der Waals surface area contributed by atoms with Crippen molar-refractivity contribution < 1.29 is 0 Å². The second kappa shape index (κ2) is 5.15. The number of rotatable bonds is 1. The van der Waals surface area contributed by atoms with Gasteiger partial charge in [0.15, 0.2) is 0 Å². The van der Waals surface area contributed by atoms with Crippen LogP contribution in [-0.4, -0.2) is 10.2 Å². The summed E-state index contributed by atoms with van der Waals surface area (Å²) in [6, 6.07) is 2.17. The number of aromatic nitrogens is 2. The van der Waals surface area contributed by atoms with Crippen LogP contribution in [0.1, 0.15) is 50.3 Å². The van der Waals surface area contributed by atoms with E-state index in [2.05, 4.69) is 44.0 Å². The van der Waals surface area contributed by atoms with Gasteiger partial charge in [0, 0.05) is 5.39 Å². The average Bonchev–Trinajstić information content (AvgIpc) is 2.69. The van der Waals surface area contributed by atoms with Gasteiger partial charge in [0.25, 0.3) is 0 Å². The van der Waals surface area contributed by atoms with Gasteiger partial charge in [0.1, 0.15) is 0 Å². The van der Waals surface area contributed by atoms with E-state index in [1.165, 1.54) is 22.1 Å². The molecule has 1 aromatic carbocycles. The first kappa shape index (κ1) is 12.8. The molecule has 2 nitrogen and oxygen atoms in total. The van der Waals surface area contributed by atoms with Crippen LogP contribution in [0.3, 0.4) is 0 Å². The SMILES string of the molecule is CC.Cc1cc2[nH]ncc2c(C(C)C)c1C. The fourth-order valence-corrected chi connectivity index (χ4v) is 2.10. The third-order valence-electron chi connectivity index (χ3n) is 2.89. The minimum absolute atomic E-state index is 0.551. The third-order valence-corrected chi connectivity index (χ3v) is 2.89. The van der Waals surface area contributed by atoms with Crippen molar-refractivity contribution in [3.05, 3.63) is 29.0 Å². The predicted octanol–water partition coefficient (Wildman–Crippen LogP) is 4.33. The normalized spacial score (nSPS) is 10.4. The maximum absolute atomic E-state index is 4.10. The van der Waals surface area contributed by atoms with Crippen molar-refractivity contribution in [2.75, 3.05) is 0 Å². The van der Waals surface area contributed by atoms with Gasteiger partial charge in [-0.3, -0.25) is 5.10 Å². The molecule has 1 heterocycles. The molecule has 0 unspecified atom stereocenters. The molecule has 2 rings (SSSR count). The van der Waals surface area contributed by atoms with Crippen molar-refractivity contribution in [1.29, 1.82) is 0 Å². The summed E-state index contributed by atoms with van der Waals surface area (Å²) in [6.07, 6.45) is 1.93. The molecular weight excluding hydrogens is 196 g/mol. The van der Waals surface area contributed by atoms with Crippen LogP contribution in [0.5, 0.6) is 0 Å². The predicted molar refractivity (Wildman–Crippen MR) is 71.0 cm³/mol. The number of aromatic amines is 1. The van der Waals surface area contributed by atoms with E-state index in [9.17, 15) is 0 Å². The van der Waals surface area contributed by atoms with Gasteiger partial charge in [-0.1, -0.05) is 27.7 Å². The minimum Gasteiger partial charge on any atom is -0.278 e. The van der Waals surface area contributed by atoms with Gasteiger partial charge in [-0.25, -0.2) is 0 Å². The Labute approximate surface area is 98.1 Å². The van der Waals surface area contributed by atoms with Crippen molar-refractivity contribution in [3.8, 4) is 0 Å². The van der Waals surface area contributed by atoms with E-state index < -0.39 is 0 Å². The number of aryl methyl sites for hydroxylation is 1. The second-order valence-corrected chi connectivity index (χ2v) is 4.22. The molecular formula is C14H22N2. The van der Waals surface area contributed by atoms with Crippen molar-refractivity contribution in [2.45, 2.75) is 47.5 Å². The molecule has 0 atom stereocenters. The average molecular weight is 218 g/mol. The van der Waals surface area contributed by atoms with Gasteiger partial charge in [0.05, 0.1) is 11.7 Å². The first-order chi connectivity index (χ1) is 7.61. The summed E-state index contributed by atoms with van der Waals surface area (Å²) in [5.74, 6) is 0.551. The van der Waals surface area contributed by atoms with E-state index in [1.807, 2.05) is 20.0 Å². The Morgan fingerprint density at radius 3 is 2.38 bits per heavy atom. The van der Waals surface area contributed by atoms with Crippen molar-refractivity contribution >= 4 is 10.9 Å². The lowest BCUT2D eigenvalue weighted by molar-refractivity contribution is 0.864. The van der Waals surface area contributed by atoms with Gasteiger partial charge in [-0.15, -0.1) is 0 Å². The van der Waals surface area contributed by atoms with E-state index in [0.29, 0.717) is 5.92 Å². The Hall–Kier alpha value is -1.31. The van der Waals surface area contributed by atoms with E-state index in [1.54, 1.807) is 0 Å². The number of H-pyrrole nitrogens is 1. The fourth-order valence-electron chi connectivity index (χ4n) is 2.10. The molecule has 0 spiro atoms. The molecule has 0 aliphatic heterocycles. The first-order valence-electron chi connectivity index (χ1n) is 6.04. The van der Waals surface area contributed by atoms with Crippen LogP contribution in [0, 0.1) is 13.8 Å². The summed E-state index contributed by atoms with van der Waals surface area (Å²) < 4.78 is 0. The summed E-state index contributed by atoms with van der Waals surface area (Å²) in [5.41, 5.74) is 5.31. The van der Waals surface area contributed by atoms with Crippen LogP contribution in [0.25, 0.3) is 10.9 Å². The van der Waals surface area contributed by atoms with Crippen LogP contribution < -0.4 is 0 Å². The topological polar surface area (TPSA) is 28.7 Å². The summed E-state index contributed by atoms with van der Waals surface area (Å²) in [7, 11) is 0. The summed E-state index contributed by atoms with van der Waals surface area (Å²) >= 11 is 0. The maximum Gasteiger partial charge on any atom is 0.0656 e. The van der Waals surface area contributed by atoms with Crippen LogP contribution in [0.15, 0.2) is 12.3 Å². The molecule has 0 fully saturated rings. The molecule has 0 saturated heterocycles. The van der Waals surface area contributed by atoms with Gasteiger partial charge < -0.3 is 0 Å². The summed E-state index contributed by atoms with van der Waals surface area (Å²) in [4.78, 5) is 0. The molecule has 0 radical (unpaired) electrons. The Morgan fingerprint density at radius 1 is 1.19 bits per heavy atom. The number of hydrogen-bond acceptors (Lipinski definition) is 1. The van der Waals surface area contributed by atoms with Crippen molar-refractivity contribution in [1.82, 2.24) is 10.2 Å². The van der Waals surface area contributed by atoms with E-state index >= 15 is 0 Å². The van der Waals surface area contributed by atoms with Gasteiger partial charge in [-0.2, -0.15) is 5.10 Å².